The van der Waals surface area contributed by atoms with Crippen molar-refractivity contribution in [3.05, 3.63) is 35.9 Å². The second kappa shape index (κ2) is 7.71. The van der Waals surface area contributed by atoms with Crippen molar-refractivity contribution < 1.29 is 5.11 Å². The van der Waals surface area contributed by atoms with Gasteiger partial charge < -0.3 is 16.6 Å². The van der Waals surface area contributed by atoms with Gasteiger partial charge in [-0.1, -0.05) is 30.3 Å². The minimum atomic E-state index is -0.473. The Kier molecular flexibility index (Phi) is 6.58. The molecule has 0 aromatic heterocycles. The van der Waals surface area contributed by atoms with Crippen molar-refractivity contribution in [2.24, 2.45) is 11.5 Å². The van der Waals surface area contributed by atoms with E-state index in [2.05, 4.69) is 0 Å². The normalized spacial score (nSPS) is 16.5. The molecule has 0 aliphatic heterocycles. The summed E-state index contributed by atoms with van der Waals surface area (Å²) in [6.45, 7) is 1.96. The van der Waals surface area contributed by atoms with Crippen LogP contribution in [0.1, 0.15) is 12.5 Å². The lowest BCUT2D eigenvalue weighted by molar-refractivity contribution is 0.167. The molecule has 3 nitrogen and oxygen atoms in total. The van der Waals surface area contributed by atoms with Gasteiger partial charge >= 0.3 is 0 Å². The van der Waals surface area contributed by atoms with Crippen LogP contribution in [0, 0.1) is 0 Å². The molecule has 17 heavy (non-hydrogen) atoms. The third-order valence-corrected chi connectivity index (χ3v) is 3.82. The fraction of sp³-hybridized carbons (Fsp3) is 0.538. The summed E-state index contributed by atoms with van der Waals surface area (Å²) in [6.07, 6.45) is 0.236. The molecule has 4 heteroatoms. The predicted molar refractivity (Wildman–Crippen MR) is 75.1 cm³/mol. The summed E-state index contributed by atoms with van der Waals surface area (Å²) in [5, 5.41) is 9.91. The highest BCUT2D eigenvalue weighted by molar-refractivity contribution is 7.99. The Morgan fingerprint density at radius 3 is 2.41 bits per heavy atom. The van der Waals surface area contributed by atoms with Gasteiger partial charge in [0.25, 0.3) is 0 Å². The summed E-state index contributed by atoms with van der Waals surface area (Å²) in [4.78, 5) is 0. The van der Waals surface area contributed by atoms with Gasteiger partial charge in [-0.3, -0.25) is 0 Å². The van der Waals surface area contributed by atoms with E-state index in [0.717, 1.165) is 11.3 Å². The zero-order valence-electron chi connectivity index (χ0n) is 10.3. The molecule has 0 saturated heterocycles. The van der Waals surface area contributed by atoms with Gasteiger partial charge in [0, 0.05) is 23.6 Å². The lowest BCUT2D eigenvalue weighted by Crippen LogP contribution is -2.38. The molecule has 0 heterocycles. The van der Waals surface area contributed by atoms with Gasteiger partial charge in [0.05, 0.1) is 6.10 Å². The Morgan fingerprint density at radius 2 is 1.82 bits per heavy atom. The molecule has 0 spiro atoms. The zero-order chi connectivity index (χ0) is 12.7. The number of aliphatic hydroxyl groups is 1. The Hall–Kier alpha value is -0.550. The highest BCUT2D eigenvalue weighted by Crippen LogP contribution is 2.10. The number of hydrogen-bond acceptors (Lipinski definition) is 4. The maximum atomic E-state index is 9.91. The first-order valence-electron chi connectivity index (χ1n) is 5.90. The van der Waals surface area contributed by atoms with Crippen LogP contribution in [0.2, 0.25) is 0 Å². The minimum absolute atomic E-state index is 0.164. The molecule has 0 aliphatic carbocycles. The lowest BCUT2D eigenvalue weighted by atomic mass is 10.0. The monoisotopic (exact) mass is 254 g/mol. The van der Waals surface area contributed by atoms with Crippen molar-refractivity contribution in [3.63, 3.8) is 0 Å². The SMILES string of the molecule is CC(N)CSCC(O)C(N)Cc1ccccc1. The van der Waals surface area contributed by atoms with Crippen LogP contribution < -0.4 is 11.5 Å². The summed E-state index contributed by atoms with van der Waals surface area (Å²) < 4.78 is 0. The van der Waals surface area contributed by atoms with E-state index in [1.54, 1.807) is 11.8 Å². The Balaban J connectivity index is 2.29. The highest BCUT2D eigenvalue weighted by Gasteiger charge is 2.15. The van der Waals surface area contributed by atoms with E-state index in [4.69, 9.17) is 11.5 Å². The largest absolute Gasteiger partial charge is 0.391 e. The Morgan fingerprint density at radius 1 is 1.18 bits per heavy atom. The molecule has 0 amide bonds. The van der Waals surface area contributed by atoms with Crippen LogP contribution in [-0.4, -0.2) is 34.8 Å². The van der Waals surface area contributed by atoms with E-state index in [9.17, 15) is 5.11 Å². The highest BCUT2D eigenvalue weighted by atomic mass is 32.2. The maximum Gasteiger partial charge on any atom is 0.0784 e. The molecule has 0 fully saturated rings. The molecular weight excluding hydrogens is 232 g/mol. The van der Waals surface area contributed by atoms with Crippen molar-refractivity contribution in [1.29, 1.82) is 0 Å². The summed E-state index contributed by atoms with van der Waals surface area (Å²) in [5.74, 6) is 1.50. The molecule has 1 rings (SSSR count). The van der Waals surface area contributed by atoms with Crippen molar-refractivity contribution in [2.75, 3.05) is 11.5 Å². The third kappa shape index (κ3) is 6.07. The van der Waals surface area contributed by atoms with Crippen LogP contribution in [0.3, 0.4) is 0 Å². The smallest absolute Gasteiger partial charge is 0.0784 e. The quantitative estimate of drug-likeness (QED) is 0.679. The zero-order valence-corrected chi connectivity index (χ0v) is 11.1. The van der Waals surface area contributed by atoms with Crippen molar-refractivity contribution in [1.82, 2.24) is 0 Å². The van der Waals surface area contributed by atoms with Crippen molar-refractivity contribution in [3.8, 4) is 0 Å². The van der Waals surface area contributed by atoms with E-state index < -0.39 is 6.10 Å². The second-order valence-corrected chi connectivity index (χ2v) is 5.51. The predicted octanol–water partition coefficient (Wildman–Crippen LogP) is 0.998. The van der Waals surface area contributed by atoms with E-state index in [0.29, 0.717) is 12.2 Å². The fourth-order valence-corrected chi connectivity index (χ4v) is 2.52. The molecule has 3 atom stereocenters. The van der Waals surface area contributed by atoms with Crippen LogP contribution in [0.5, 0.6) is 0 Å². The summed E-state index contributed by atoms with van der Waals surface area (Å²) in [5.41, 5.74) is 12.8. The molecule has 0 bridgehead atoms. The topological polar surface area (TPSA) is 72.3 Å². The van der Waals surface area contributed by atoms with Crippen LogP contribution in [0.15, 0.2) is 30.3 Å². The van der Waals surface area contributed by atoms with Crippen LogP contribution in [0.25, 0.3) is 0 Å². The fourth-order valence-electron chi connectivity index (χ4n) is 1.52. The van der Waals surface area contributed by atoms with E-state index in [-0.39, 0.29) is 12.1 Å². The molecule has 96 valence electrons. The Bertz CT molecular complexity index is 306. The van der Waals surface area contributed by atoms with Crippen LogP contribution >= 0.6 is 11.8 Å². The first-order valence-corrected chi connectivity index (χ1v) is 7.06. The molecule has 0 saturated carbocycles. The molecule has 0 aliphatic rings. The van der Waals surface area contributed by atoms with Crippen LogP contribution in [0.4, 0.5) is 0 Å². The number of nitrogens with two attached hydrogens (primary N) is 2. The molecule has 1 aromatic carbocycles. The first kappa shape index (κ1) is 14.5. The standard InChI is InChI=1S/C13H22N2OS/c1-10(14)8-17-9-13(16)12(15)7-11-5-3-2-4-6-11/h2-6,10,12-13,16H,7-9,14-15H2,1H3. The number of hydrogen-bond donors (Lipinski definition) is 3. The van der Waals surface area contributed by atoms with Gasteiger partial charge in [-0.25, -0.2) is 0 Å². The number of thioether (sulfide) groups is 1. The van der Waals surface area contributed by atoms with E-state index in [1.807, 2.05) is 37.3 Å². The number of aliphatic hydroxyl groups excluding tert-OH is 1. The van der Waals surface area contributed by atoms with E-state index >= 15 is 0 Å². The van der Waals surface area contributed by atoms with Gasteiger partial charge in [-0.05, 0) is 18.9 Å². The van der Waals surface area contributed by atoms with E-state index in [1.165, 1.54) is 0 Å². The third-order valence-electron chi connectivity index (χ3n) is 2.48. The average molecular weight is 254 g/mol. The van der Waals surface area contributed by atoms with Crippen molar-refractivity contribution in [2.45, 2.75) is 31.5 Å². The second-order valence-electron chi connectivity index (χ2n) is 4.44. The van der Waals surface area contributed by atoms with Crippen LogP contribution in [-0.2, 0) is 6.42 Å². The van der Waals surface area contributed by atoms with Gasteiger partial charge in [0.1, 0.15) is 0 Å². The molecule has 0 radical (unpaired) electrons. The summed E-state index contributed by atoms with van der Waals surface area (Å²) in [6, 6.07) is 9.96. The minimum Gasteiger partial charge on any atom is -0.391 e. The lowest BCUT2D eigenvalue weighted by Gasteiger charge is -2.19. The van der Waals surface area contributed by atoms with Gasteiger partial charge in [0.2, 0.25) is 0 Å². The van der Waals surface area contributed by atoms with Gasteiger partial charge in [0.15, 0.2) is 0 Å². The number of rotatable bonds is 7. The Labute approximate surface area is 108 Å². The first-order chi connectivity index (χ1) is 8.09. The van der Waals surface area contributed by atoms with Gasteiger partial charge in [-0.15, -0.1) is 0 Å². The summed E-state index contributed by atoms with van der Waals surface area (Å²) in [7, 11) is 0. The molecule has 5 N–H and O–H groups in total. The molecule has 3 unspecified atom stereocenters. The average Bonchev–Trinajstić information content (AvgIpc) is 2.29. The van der Waals surface area contributed by atoms with Gasteiger partial charge in [-0.2, -0.15) is 11.8 Å². The van der Waals surface area contributed by atoms with Crippen molar-refractivity contribution >= 4 is 11.8 Å². The maximum absolute atomic E-state index is 9.91. The summed E-state index contributed by atoms with van der Waals surface area (Å²) >= 11 is 1.65. The number of benzene rings is 1. The molecule has 1 aromatic rings. The molecular formula is C13H22N2OS.